The van der Waals surface area contributed by atoms with Crippen LogP contribution in [0.2, 0.25) is 0 Å². The molecule has 2 N–H and O–H groups in total. The van der Waals surface area contributed by atoms with E-state index >= 15 is 0 Å². The first kappa shape index (κ1) is 27.6. The molecular formula is C23H34N2O6. The average Bonchev–Trinajstić information content (AvgIpc) is 2.81. The highest BCUT2D eigenvalue weighted by Gasteiger charge is 2.19. The molecule has 0 aliphatic carbocycles. The van der Waals surface area contributed by atoms with Crippen LogP contribution in [0.15, 0.2) is 48.4 Å². The van der Waals surface area contributed by atoms with E-state index in [1.165, 1.54) is 31.3 Å². The Bertz CT molecular complexity index is 772. The Labute approximate surface area is 184 Å². The summed E-state index contributed by atoms with van der Waals surface area (Å²) in [5.41, 5.74) is 0.602. The molecule has 1 aliphatic rings. The molecule has 0 aromatic heterocycles. The van der Waals surface area contributed by atoms with Crippen LogP contribution in [0, 0.1) is 0 Å². The number of benzene rings is 1. The lowest BCUT2D eigenvalue weighted by molar-refractivity contribution is -0.137. The van der Waals surface area contributed by atoms with Gasteiger partial charge in [-0.15, -0.1) is 0 Å². The molecule has 172 valence electrons. The highest BCUT2D eigenvalue weighted by Crippen LogP contribution is 2.27. The van der Waals surface area contributed by atoms with Crippen LogP contribution in [0.3, 0.4) is 0 Å². The van der Waals surface area contributed by atoms with Crippen molar-refractivity contribution in [2.24, 2.45) is 0 Å². The van der Waals surface area contributed by atoms with Gasteiger partial charge >= 0.3 is 12.1 Å². The van der Waals surface area contributed by atoms with Crippen molar-refractivity contribution in [3.8, 4) is 11.5 Å². The van der Waals surface area contributed by atoms with E-state index in [9.17, 15) is 14.7 Å². The van der Waals surface area contributed by atoms with Crippen molar-refractivity contribution in [1.82, 2.24) is 10.2 Å². The third-order valence-electron chi connectivity index (χ3n) is 3.67. The summed E-state index contributed by atoms with van der Waals surface area (Å²) in [6.07, 6.45) is 7.55. The van der Waals surface area contributed by atoms with Gasteiger partial charge < -0.3 is 29.5 Å². The van der Waals surface area contributed by atoms with Gasteiger partial charge in [-0.25, -0.2) is 9.59 Å². The van der Waals surface area contributed by atoms with Crippen LogP contribution >= 0.6 is 0 Å². The Morgan fingerprint density at radius 2 is 1.74 bits per heavy atom. The lowest BCUT2D eigenvalue weighted by Crippen LogP contribution is -2.35. The summed E-state index contributed by atoms with van der Waals surface area (Å²) >= 11 is 0. The average molecular weight is 435 g/mol. The number of phenolic OH excluding ortho intramolecular Hbond substituents is 1. The van der Waals surface area contributed by atoms with Gasteiger partial charge in [0.25, 0.3) is 0 Å². The van der Waals surface area contributed by atoms with Crippen LogP contribution in [-0.4, -0.2) is 48.9 Å². The highest BCUT2D eigenvalue weighted by atomic mass is 16.5. The lowest BCUT2D eigenvalue weighted by atomic mass is 10.1. The summed E-state index contributed by atoms with van der Waals surface area (Å²) in [6, 6.07) is 4.37. The van der Waals surface area contributed by atoms with E-state index < -0.39 is 12.1 Å². The molecule has 1 aromatic carbocycles. The lowest BCUT2D eigenvalue weighted by Gasteiger charge is -2.23. The number of carbonyl (C=O) groups is 2. The second-order valence-corrected chi connectivity index (χ2v) is 5.43. The van der Waals surface area contributed by atoms with Gasteiger partial charge in [0.05, 0.1) is 26.9 Å². The number of alkyl carbamates (subject to hydrolysis) is 1. The molecule has 0 atom stereocenters. The number of nitrogens with zero attached hydrogens (tertiary/aromatic N) is 1. The predicted molar refractivity (Wildman–Crippen MR) is 121 cm³/mol. The first-order valence-electron chi connectivity index (χ1n) is 10.2. The van der Waals surface area contributed by atoms with Gasteiger partial charge in [0.15, 0.2) is 0 Å². The number of methoxy groups -OCH3 is 2. The third kappa shape index (κ3) is 8.86. The van der Waals surface area contributed by atoms with Gasteiger partial charge in [0.2, 0.25) is 0 Å². The number of rotatable bonds is 6. The smallest absolute Gasteiger partial charge is 0.407 e. The van der Waals surface area contributed by atoms with Gasteiger partial charge in [-0.1, -0.05) is 27.7 Å². The van der Waals surface area contributed by atoms with Crippen LogP contribution in [0.5, 0.6) is 11.5 Å². The number of hydrogen-bond donors (Lipinski definition) is 2. The van der Waals surface area contributed by atoms with Crippen LogP contribution in [-0.2, 0) is 14.3 Å². The van der Waals surface area contributed by atoms with Crippen molar-refractivity contribution in [2.45, 2.75) is 40.7 Å². The van der Waals surface area contributed by atoms with Gasteiger partial charge in [-0.05, 0) is 37.3 Å². The molecule has 8 nitrogen and oxygen atoms in total. The Morgan fingerprint density at radius 3 is 2.23 bits per heavy atom. The van der Waals surface area contributed by atoms with E-state index in [4.69, 9.17) is 14.2 Å². The van der Waals surface area contributed by atoms with E-state index in [0.717, 1.165) is 0 Å². The summed E-state index contributed by atoms with van der Waals surface area (Å²) < 4.78 is 14.7. The van der Waals surface area contributed by atoms with Gasteiger partial charge in [0.1, 0.15) is 17.2 Å². The fourth-order valence-electron chi connectivity index (χ4n) is 2.31. The third-order valence-corrected chi connectivity index (χ3v) is 3.67. The Balaban J connectivity index is 0.00000212. The molecule has 1 amide bonds. The molecular weight excluding hydrogens is 400 g/mol. The number of phenols is 1. The summed E-state index contributed by atoms with van der Waals surface area (Å²) in [5, 5.41) is 12.8. The van der Waals surface area contributed by atoms with Crippen LogP contribution in [0.25, 0.3) is 6.08 Å². The maximum atomic E-state index is 12.2. The van der Waals surface area contributed by atoms with Gasteiger partial charge in [-0.3, -0.25) is 0 Å². The summed E-state index contributed by atoms with van der Waals surface area (Å²) in [6.45, 7) is 9.99. The first-order chi connectivity index (χ1) is 15.0. The summed E-state index contributed by atoms with van der Waals surface area (Å²) in [4.78, 5) is 25.2. The van der Waals surface area contributed by atoms with E-state index in [1.807, 2.05) is 27.7 Å². The molecule has 0 saturated carbocycles. The summed E-state index contributed by atoms with van der Waals surface area (Å²) in [5.74, 6) is -0.131. The number of amides is 1. The molecule has 1 aliphatic heterocycles. The van der Waals surface area contributed by atoms with Gasteiger partial charge in [-0.2, -0.15) is 0 Å². The van der Waals surface area contributed by atoms with Crippen molar-refractivity contribution < 1.29 is 28.9 Å². The van der Waals surface area contributed by atoms with Crippen LogP contribution in [0.4, 0.5) is 4.79 Å². The number of ether oxygens (including phenoxy) is 3. The quantitative estimate of drug-likeness (QED) is 0.505. The Morgan fingerprint density at radius 1 is 1.13 bits per heavy atom. The minimum absolute atomic E-state index is 0.0393. The van der Waals surface area contributed by atoms with Crippen molar-refractivity contribution >= 4 is 18.1 Å². The maximum absolute atomic E-state index is 12.2. The van der Waals surface area contributed by atoms with Crippen LogP contribution < -0.4 is 10.1 Å². The number of aromatic hydroxyl groups is 1. The zero-order chi connectivity index (χ0) is 23.8. The molecule has 1 aromatic rings. The second kappa shape index (κ2) is 15.4. The van der Waals surface area contributed by atoms with E-state index in [2.05, 4.69) is 5.32 Å². The topological polar surface area (TPSA) is 97.3 Å². The fourth-order valence-corrected chi connectivity index (χ4v) is 2.31. The molecule has 0 spiro atoms. The number of carbonyl (C=O) groups excluding carboxylic acids is 2. The molecule has 8 heteroatoms. The van der Waals surface area contributed by atoms with Crippen molar-refractivity contribution in [3.05, 3.63) is 54.0 Å². The molecule has 0 bridgehead atoms. The van der Waals surface area contributed by atoms with Crippen LogP contribution in [0.1, 0.15) is 40.2 Å². The van der Waals surface area contributed by atoms with Crippen molar-refractivity contribution in [1.29, 1.82) is 0 Å². The largest absolute Gasteiger partial charge is 0.507 e. The molecule has 0 unspecified atom stereocenters. The van der Waals surface area contributed by atoms with E-state index in [1.54, 1.807) is 43.6 Å². The van der Waals surface area contributed by atoms with Crippen molar-refractivity contribution in [3.63, 3.8) is 0 Å². The Kier molecular flexibility index (Phi) is 13.7. The number of nitrogens with one attached hydrogen (secondary N) is 1. The molecule has 0 saturated heterocycles. The zero-order valence-corrected chi connectivity index (χ0v) is 19.3. The number of esters is 1. The van der Waals surface area contributed by atoms with Crippen molar-refractivity contribution in [2.75, 3.05) is 20.8 Å². The summed E-state index contributed by atoms with van der Waals surface area (Å²) in [7, 11) is 2.76. The minimum Gasteiger partial charge on any atom is -0.507 e. The number of hydrogen-bond acceptors (Lipinski definition) is 7. The predicted octanol–water partition coefficient (Wildman–Crippen LogP) is 4.42. The molecule has 1 heterocycles. The normalized spacial score (nSPS) is 12.6. The molecule has 0 radical (unpaired) electrons. The van der Waals surface area contributed by atoms with E-state index in [0.29, 0.717) is 11.3 Å². The molecule has 31 heavy (non-hydrogen) atoms. The standard InChI is InChI=1S/C19H22N2O6.2C2H6/c1-4-27-19(24)20-14-7-9-21(10-8-14)16(18(23)26-3)11-13-5-6-15(25-2)12-17(13)22;2*1-2/h5-12,14,22H,4H2,1-3H3,(H,20,24);2*1-2H3/b16-11+;;. The molecule has 0 fully saturated rings. The minimum atomic E-state index is -0.587. The first-order valence-corrected chi connectivity index (χ1v) is 10.2. The Hall–Kier alpha value is -3.42. The fraction of sp³-hybridized carbons (Fsp3) is 0.391. The monoisotopic (exact) mass is 434 g/mol. The second-order valence-electron chi connectivity index (χ2n) is 5.43. The van der Waals surface area contributed by atoms with Gasteiger partial charge in [0, 0.05) is 24.0 Å². The zero-order valence-electron chi connectivity index (χ0n) is 19.3. The SMILES string of the molecule is CC.CC.CCOC(=O)NC1C=CN(/C(=C/c2ccc(OC)cc2O)C(=O)OC)C=C1. The maximum Gasteiger partial charge on any atom is 0.407 e. The van der Waals surface area contributed by atoms with E-state index in [-0.39, 0.29) is 24.1 Å². The highest BCUT2D eigenvalue weighted by molar-refractivity contribution is 5.94. The molecule has 2 rings (SSSR count).